The number of likely N-dealkylation sites (tertiary alicyclic amines) is 1. The Bertz CT molecular complexity index is 457. The number of carbonyl (C=O) groups is 1. The van der Waals surface area contributed by atoms with E-state index in [1.807, 2.05) is 4.90 Å². The average Bonchev–Trinajstić information content (AvgIpc) is 2.38. The highest BCUT2D eigenvalue weighted by molar-refractivity contribution is 6.36. The molecular formula is C13H15Cl2NO2. The lowest BCUT2D eigenvalue weighted by Gasteiger charge is -2.27. The van der Waals surface area contributed by atoms with E-state index in [0.29, 0.717) is 21.4 Å². The van der Waals surface area contributed by atoms with Gasteiger partial charge in [-0.1, -0.05) is 23.2 Å². The van der Waals surface area contributed by atoms with Crippen LogP contribution in [0.5, 0.6) is 5.75 Å². The van der Waals surface area contributed by atoms with Crippen molar-refractivity contribution in [3.8, 4) is 5.75 Å². The first-order valence-electron chi connectivity index (χ1n) is 5.96. The van der Waals surface area contributed by atoms with Crippen LogP contribution in [0.3, 0.4) is 0 Å². The SMILES string of the molecule is COc1c(Cl)cc(Cl)cc1C(=O)N1CCCCC1. The number of rotatable bonds is 2. The predicted molar refractivity (Wildman–Crippen MR) is 72.8 cm³/mol. The smallest absolute Gasteiger partial charge is 0.257 e. The summed E-state index contributed by atoms with van der Waals surface area (Å²) in [5.41, 5.74) is 0.442. The summed E-state index contributed by atoms with van der Waals surface area (Å²) in [5.74, 6) is 0.340. The van der Waals surface area contributed by atoms with Crippen LogP contribution in [0.4, 0.5) is 0 Å². The molecule has 1 aliphatic heterocycles. The Balaban J connectivity index is 2.33. The molecule has 0 unspecified atom stereocenters. The van der Waals surface area contributed by atoms with Crippen LogP contribution in [0.2, 0.25) is 10.0 Å². The average molecular weight is 288 g/mol. The molecule has 1 aliphatic rings. The number of ether oxygens (including phenoxy) is 1. The number of amides is 1. The molecule has 3 nitrogen and oxygen atoms in total. The highest BCUT2D eigenvalue weighted by Gasteiger charge is 2.23. The van der Waals surface area contributed by atoms with Crippen LogP contribution in [-0.2, 0) is 0 Å². The summed E-state index contributed by atoms with van der Waals surface area (Å²) in [6, 6.07) is 3.19. The van der Waals surface area contributed by atoms with Gasteiger partial charge in [-0.25, -0.2) is 0 Å². The zero-order valence-corrected chi connectivity index (χ0v) is 11.7. The topological polar surface area (TPSA) is 29.5 Å². The Morgan fingerprint density at radius 2 is 1.89 bits per heavy atom. The number of halogens is 2. The Hall–Kier alpha value is -0.930. The second-order valence-electron chi connectivity index (χ2n) is 4.32. The number of hydrogen-bond acceptors (Lipinski definition) is 2. The van der Waals surface area contributed by atoms with Crippen LogP contribution >= 0.6 is 23.2 Å². The molecule has 1 aromatic carbocycles. The summed E-state index contributed by atoms with van der Waals surface area (Å²) in [4.78, 5) is 14.2. The number of piperidine rings is 1. The van der Waals surface area contributed by atoms with Gasteiger partial charge in [-0.3, -0.25) is 4.79 Å². The van der Waals surface area contributed by atoms with Gasteiger partial charge in [0.05, 0.1) is 17.7 Å². The second kappa shape index (κ2) is 5.81. The van der Waals surface area contributed by atoms with E-state index in [9.17, 15) is 4.79 Å². The molecule has 1 heterocycles. The van der Waals surface area contributed by atoms with Crippen molar-refractivity contribution in [2.75, 3.05) is 20.2 Å². The second-order valence-corrected chi connectivity index (χ2v) is 5.16. The third-order valence-electron chi connectivity index (χ3n) is 3.09. The molecule has 0 aliphatic carbocycles. The predicted octanol–water partition coefficient (Wildman–Crippen LogP) is 3.63. The number of methoxy groups -OCH3 is 1. The molecule has 98 valence electrons. The number of benzene rings is 1. The Morgan fingerprint density at radius 1 is 1.22 bits per heavy atom. The van der Waals surface area contributed by atoms with E-state index in [1.165, 1.54) is 13.5 Å². The highest BCUT2D eigenvalue weighted by Crippen LogP contribution is 2.33. The summed E-state index contributed by atoms with van der Waals surface area (Å²) < 4.78 is 5.20. The van der Waals surface area contributed by atoms with Crippen LogP contribution < -0.4 is 4.74 Å². The van der Waals surface area contributed by atoms with Crippen molar-refractivity contribution in [2.24, 2.45) is 0 Å². The van der Waals surface area contributed by atoms with Gasteiger partial charge in [0.15, 0.2) is 0 Å². The van der Waals surface area contributed by atoms with Crippen LogP contribution in [-0.4, -0.2) is 31.0 Å². The van der Waals surface area contributed by atoms with Crippen molar-refractivity contribution in [3.05, 3.63) is 27.7 Å². The molecular weight excluding hydrogens is 273 g/mol. The van der Waals surface area contributed by atoms with E-state index < -0.39 is 0 Å². The first-order chi connectivity index (χ1) is 8.63. The van der Waals surface area contributed by atoms with Gasteiger partial charge in [0.1, 0.15) is 5.75 Å². The normalized spacial score (nSPS) is 15.6. The molecule has 1 fully saturated rings. The number of hydrogen-bond donors (Lipinski definition) is 0. The molecule has 0 spiro atoms. The zero-order valence-electron chi connectivity index (χ0n) is 10.2. The number of nitrogens with zero attached hydrogens (tertiary/aromatic N) is 1. The van der Waals surface area contributed by atoms with E-state index in [1.54, 1.807) is 12.1 Å². The maximum absolute atomic E-state index is 12.4. The van der Waals surface area contributed by atoms with Gasteiger partial charge in [-0.15, -0.1) is 0 Å². The van der Waals surface area contributed by atoms with Crippen molar-refractivity contribution >= 4 is 29.1 Å². The molecule has 1 saturated heterocycles. The summed E-state index contributed by atoms with van der Waals surface area (Å²) >= 11 is 12.0. The van der Waals surface area contributed by atoms with Gasteiger partial charge in [0, 0.05) is 18.1 Å². The van der Waals surface area contributed by atoms with E-state index in [-0.39, 0.29) is 5.91 Å². The van der Waals surface area contributed by atoms with E-state index in [0.717, 1.165) is 25.9 Å². The minimum absolute atomic E-state index is 0.0593. The first kappa shape index (κ1) is 13.5. The van der Waals surface area contributed by atoms with Crippen LogP contribution in [0.25, 0.3) is 0 Å². The molecule has 0 bridgehead atoms. The lowest BCUT2D eigenvalue weighted by Crippen LogP contribution is -2.35. The van der Waals surface area contributed by atoms with Gasteiger partial charge >= 0.3 is 0 Å². The standard InChI is InChI=1S/C13H15Cl2NO2/c1-18-12-10(7-9(14)8-11(12)15)13(17)16-5-3-2-4-6-16/h7-8H,2-6H2,1H3. The fourth-order valence-corrected chi connectivity index (χ4v) is 2.76. The summed E-state index contributed by atoms with van der Waals surface area (Å²) in [6.07, 6.45) is 3.27. The van der Waals surface area contributed by atoms with Gasteiger partial charge in [-0.2, -0.15) is 0 Å². The van der Waals surface area contributed by atoms with Crippen LogP contribution in [0.1, 0.15) is 29.6 Å². The van der Waals surface area contributed by atoms with E-state index >= 15 is 0 Å². The maximum Gasteiger partial charge on any atom is 0.257 e. The Morgan fingerprint density at radius 3 is 2.50 bits per heavy atom. The zero-order chi connectivity index (χ0) is 13.1. The third kappa shape index (κ3) is 2.73. The highest BCUT2D eigenvalue weighted by atomic mass is 35.5. The molecule has 0 atom stereocenters. The van der Waals surface area contributed by atoms with Gasteiger partial charge < -0.3 is 9.64 Å². The third-order valence-corrected chi connectivity index (χ3v) is 3.59. The summed E-state index contributed by atoms with van der Waals surface area (Å²) in [6.45, 7) is 1.57. The molecule has 0 radical (unpaired) electrons. The van der Waals surface area contributed by atoms with Crippen molar-refractivity contribution in [1.82, 2.24) is 4.90 Å². The lowest BCUT2D eigenvalue weighted by atomic mass is 10.1. The molecule has 5 heteroatoms. The molecule has 0 aromatic heterocycles. The maximum atomic E-state index is 12.4. The van der Waals surface area contributed by atoms with Crippen molar-refractivity contribution in [1.29, 1.82) is 0 Å². The minimum Gasteiger partial charge on any atom is -0.494 e. The quantitative estimate of drug-likeness (QED) is 0.831. The summed E-state index contributed by atoms with van der Waals surface area (Å²) in [5, 5.41) is 0.812. The van der Waals surface area contributed by atoms with Crippen molar-refractivity contribution in [2.45, 2.75) is 19.3 Å². The molecule has 18 heavy (non-hydrogen) atoms. The van der Waals surface area contributed by atoms with Crippen molar-refractivity contribution in [3.63, 3.8) is 0 Å². The molecule has 1 aromatic rings. The fraction of sp³-hybridized carbons (Fsp3) is 0.462. The Labute approximate surface area is 117 Å². The largest absolute Gasteiger partial charge is 0.494 e. The van der Waals surface area contributed by atoms with E-state index in [2.05, 4.69) is 0 Å². The van der Waals surface area contributed by atoms with Gasteiger partial charge in [0.2, 0.25) is 0 Å². The molecule has 0 N–H and O–H groups in total. The van der Waals surface area contributed by atoms with E-state index in [4.69, 9.17) is 27.9 Å². The Kier molecular flexibility index (Phi) is 4.36. The van der Waals surface area contributed by atoms with Crippen LogP contribution in [0, 0.1) is 0 Å². The van der Waals surface area contributed by atoms with Gasteiger partial charge in [-0.05, 0) is 31.4 Å². The fourth-order valence-electron chi connectivity index (χ4n) is 2.19. The van der Waals surface area contributed by atoms with Crippen LogP contribution in [0.15, 0.2) is 12.1 Å². The lowest BCUT2D eigenvalue weighted by molar-refractivity contribution is 0.0721. The number of carbonyl (C=O) groups excluding carboxylic acids is 1. The minimum atomic E-state index is -0.0593. The molecule has 2 rings (SSSR count). The first-order valence-corrected chi connectivity index (χ1v) is 6.71. The monoisotopic (exact) mass is 287 g/mol. The van der Waals surface area contributed by atoms with Crippen molar-refractivity contribution < 1.29 is 9.53 Å². The summed E-state index contributed by atoms with van der Waals surface area (Å²) in [7, 11) is 1.50. The molecule has 1 amide bonds. The molecule has 0 saturated carbocycles. The van der Waals surface area contributed by atoms with Gasteiger partial charge in [0.25, 0.3) is 5.91 Å².